The molecule has 2 aromatic carbocycles. The number of aromatic nitrogens is 2. The first kappa shape index (κ1) is 18.9. The minimum absolute atomic E-state index is 0.0298. The number of rotatable bonds is 5. The van der Waals surface area contributed by atoms with Crippen molar-refractivity contribution in [3.05, 3.63) is 78.6 Å². The second-order valence-electron chi connectivity index (χ2n) is 7.20. The summed E-state index contributed by atoms with van der Waals surface area (Å²) in [5.74, 6) is 0.727. The minimum atomic E-state index is -0.0298. The van der Waals surface area contributed by atoms with Crippen molar-refractivity contribution in [1.29, 1.82) is 0 Å². The highest BCUT2D eigenvalue weighted by Gasteiger charge is 2.24. The van der Waals surface area contributed by atoms with Crippen LogP contribution in [0.1, 0.15) is 23.2 Å². The predicted octanol–water partition coefficient (Wildman–Crippen LogP) is 3.64. The van der Waals surface area contributed by atoms with Crippen LogP contribution in [0.3, 0.4) is 0 Å². The van der Waals surface area contributed by atoms with E-state index in [0.29, 0.717) is 5.56 Å². The number of nitrogens with zero attached hydrogens (tertiary/aromatic N) is 4. The third kappa shape index (κ3) is 4.37. The summed E-state index contributed by atoms with van der Waals surface area (Å²) < 4.78 is 0. The molecular weight excluding hydrogens is 362 g/mol. The number of carbonyl (C=O) groups excluding carboxylic acids is 1. The normalized spacial score (nSPS) is 14.4. The molecule has 2 heterocycles. The van der Waals surface area contributed by atoms with E-state index >= 15 is 0 Å². The molecule has 6 heteroatoms. The number of anilines is 3. The Morgan fingerprint density at radius 2 is 1.62 bits per heavy atom. The summed E-state index contributed by atoms with van der Waals surface area (Å²) in [4.78, 5) is 25.9. The Bertz CT molecular complexity index is 940. The molecule has 0 radical (unpaired) electrons. The van der Waals surface area contributed by atoms with Gasteiger partial charge in [0.25, 0.3) is 5.91 Å². The molecule has 148 valence electrons. The smallest absolute Gasteiger partial charge is 0.253 e. The molecule has 1 aromatic heterocycles. The average Bonchev–Trinajstić information content (AvgIpc) is 2.80. The fourth-order valence-corrected chi connectivity index (χ4v) is 3.69. The molecule has 1 aliphatic heterocycles. The molecule has 29 heavy (non-hydrogen) atoms. The second kappa shape index (κ2) is 8.73. The summed E-state index contributed by atoms with van der Waals surface area (Å²) in [6.45, 7) is 1.67. The lowest BCUT2D eigenvalue weighted by Crippen LogP contribution is -2.45. The fraction of sp³-hybridized carbons (Fsp3) is 0.261. The Balaban J connectivity index is 1.42. The van der Waals surface area contributed by atoms with Crippen LogP contribution in [0.15, 0.2) is 73.1 Å². The van der Waals surface area contributed by atoms with Crippen LogP contribution in [0.4, 0.5) is 17.3 Å². The van der Waals surface area contributed by atoms with E-state index in [1.807, 2.05) is 72.6 Å². The Morgan fingerprint density at radius 3 is 2.34 bits per heavy atom. The minimum Gasteiger partial charge on any atom is -0.349 e. The zero-order chi connectivity index (χ0) is 20.1. The van der Waals surface area contributed by atoms with Crippen molar-refractivity contribution in [1.82, 2.24) is 15.3 Å². The number of carbonyl (C=O) groups is 1. The lowest BCUT2D eigenvalue weighted by molar-refractivity contribution is 0.0931. The number of nitrogens with one attached hydrogen (secondary N) is 1. The van der Waals surface area contributed by atoms with Gasteiger partial charge in [-0.25, -0.2) is 9.97 Å². The summed E-state index contributed by atoms with van der Waals surface area (Å²) in [6, 6.07) is 19.8. The third-order valence-electron chi connectivity index (χ3n) is 5.32. The number of piperidine rings is 1. The highest BCUT2D eigenvalue weighted by molar-refractivity contribution is 6.00. The van der Waals surface area contributed by atoms with Crippen LogP contribution >= 0.6 is 0 Å². The maximum Gasteiger partial charge on any atom is 0.253 e. The fourth-order valence-electron chi connectivity index (χ4n) is 3.69. The maximum atomic E-state index is 13.0. The summed E-state index contributed by atoms with van der Waals surface area (Å²) in [7, 11) is 1.99. The monoisotopic (exact) mass is 387 g/mol. The van der Waals surface area contributed by atoms with Gasteiger partial charge in [-0.1, -0.05) is 30.3 Å². The molecule has 0 unspecified atom stereocenters. The first-order valence-electron chi connectivity index (χ1n) is 9.93. The van der Waals surface area contributed by atoms with E-state index < -0.39 is 0 Å². The number of hydrogen-bond acceptors (Lipinski definition) is 5. The van der Waals surface area contributed by atoms with Crippen LogP contribution in [-0.2, 0) is 0 Å². The molecule has 3 aromatic rings. The van der Waals surface area contributed by atoms with E-state index in [9.17, 15) is 4.79 Å². The molecule has 0 aliphatic carbocycles. The summed E-state index contributed by atoms with van der Waals surface area (Å²) in [5.41, 5.74) is 2.63. The molecule has 0 atom stereocenters. The maximum absolute atomic E-state index is 13.0. The average molecular weight is 387 g/mol. The van der Waals surface area contributed by atoms with E-state index in [1.165, 1.54) is 0 Å². The van der Waals surface area contributed by atoms with Crippen molar-refractivity contribution in [2.24, 2.45) is 0 Å². The molecule has 0 spiro atoms. The highest BCUT2D eigenvalue weighted by Crippen LogP contribution is 2.27. The van der Waals surface area contributed by atoms with Crippen LogP contribution in [-0.4, -0.2) is 42.1 Å². The van der Waals surface area contributed by atoms with Gasteiger partial charge in [0.05, 0.1) is 11.3 Å². The molecule has 1 aliphatic rings. The Labute approximate surface area is 171 Å². The van der Waals surface area contributed by atoms with E-state index in [4.69, 9.17) is 0 Å². The quantitative estimate of drug-likeness (QED) is 0.724. The first-order valence-corrected chi connectivity index (χ1v) is 9.93. The zero-order valence-corrected chi connectivity index (χ0v) is 16.5. The van der Waals surface area contributed by atoms with E-state index in [2.05, 4.69) is 20.2 Å². The van der Waals surface area contributed by atoms with Crippen LogP contribution < -0.4 is 15.1 Å². The van der Waals surface area contributed by atoms with Crippen LogP contribution in [0.2, 0.25) is 0 Å². The predicted molar refractivity (Wildman–Crippen MR) is 116 cm³/mol. The molecule has 1 N–H and O–H groups in total. The molecule has 1 fully saturated rings. The largest absolute Gasteiger partial charge is 0.349 e. The Kier molecular flexibility index (Phi) is 5.70. The molecular formula is C23H25N5O. The van der Waals surface area contributed by atoms with Crippen molar-refractivity contribution in [3.8, 4) is 0 Å². The van der Waals surface area contributed by atoms with Gasteiger partial charge >= 0.3 is 0 Å². The standard InChI is InChI=1S/C23H25N5O/c1-27(19-8-3-2-4-9-19)21-11-6-5-10-20(21)22(29)26-18-12-16-28(17-13-18)23-24-14-7-15-25-23/h2-11,14-15,18H,12-13,16-17H2,1H3,(H,26,29). The van der Waals surface area contributed by atoms with Gasteiger partial charge in [-0.15, -0.1) is 0 Å². The van der Waals surface area contributed by atoms with Crippen molar-refractivity contribution >= 4 is 23.2 Å². The van der Waals surface area contributed by atoms with E-state index in [1.54, 1.807) is 12.4 Å². The Morgan fingerprint density at radius 1 is 0.966 bits per heavy atom. The zero-order valence-electron chi connectivity index (χ0n) is 16.5. The Hall–Kier alpha value is -3.41. The number of amides is 1. The van der Waals surface area contributed by atoms with Crippen LogP contribution in [0.25, 0.3) is 0 Å². The van der Waals surface area contributed by atoms with Crippen molar-refractivity contribution in [2.45, 2.75) is 18.9 Å². The van der Waals surface area contributed by atoms with Gasteiger partial charge in [0.1, 0.15) is 0 Å². The molecule has 6 nitrogen and oxygen atoms in total. The summed E-state index contributed by atoms with van der Waals surface area (Å²) in [5, 5.41) is 3.22. The van der Waals surface area contributed by atoms with Crippen molar-refractivity contribution in [2.75, 3.05) is 29.9 Å². The molecule has 1 saturated heterocycles. The highest BCUT2D eigenvalue weighted by atomic mass is 16.1. The van der Waals surface area contributed by atoms with Gasteiger partial charge in [-0.2, -0.15) is 0 Å². The topological polar surface area (TPSA) is 61.4 Å². The molecule has 1 amide bonds. The molecule has 0 saturated carbocycles. The van der Waals surface area contributed by atoms with Crippen LogP contribution in [0.5, 0.6) is 0 Å². The van der Waals surface area contributed by atoms with Gasteiger partial charge < -0.3 is 15.1 Å². The van der Waals surface area contributed by atoms with Gasteiger partial charge in [-0.3, -0.25) is 4.79 Å². The lowest BCUT2D eigenvalue weighted by Gasteiger charge is -2.32. The number of hydrogen-bond donors (Lipinski definition) is 1. The number of benzene rings is 2. The third-order valence-corrected chi connectivity index (χ3v) is 5.32. The van der Waals surface area contributed by atoms with Gasteiger partial charge in [0.2, 0.25) is 5.95 Å². The van der Waals surface area contributed by atoms with E-state index in [-0.39, 0.29) is 11.9 Å². The van der Waals surface area contributed by atoms with Crippen LogP contribution in [0, 0.1) is 0 Å². The van der Waals surface area contributed by atoms with Gasteiger partial charge in [0, 0.05) is 44.3 Å². The van der Waals surface area contributed by atoms with Crippen molar-refractivity contribution < 1.29 is 4.79 Å². The van der Waals surface area contributed by atoms with Crippen molar-refractivity contribution in [3.63, 3.8) is 0 Å². The number of para-hydroxylation sites is 2. The first-order chi connectivity index (χ1) is 14.2. The van der Waals surface area contributed by atoms with Gasteiger partial charge in [0.15, 0.2) is 0 Å². The van der Waals surface area contributed by atoms with Gasteiger partial charge in [-0.05, 0) is 43.2 Å². The lowest BCUT2D eigenvalue weighted by atomic mass is 10.0. The SMILES string of the molecule is CN(c1ccccc1)c1ccccc1C(=O)NC1CCN(c2ncccn2)CC1. The summed E-state index contributed by atoms with van der Waals surface area (Å²) >= 11 is 0. The summed E-state index contributed by atoms with van der Waals surface area (Å²) in [6.07, 6.45) is 5.27. The second-order valence-corrected chi connectivity index (χ2v) is 7.20. The molecule has 0 bridgehead atoms. The van der Waals surface area contributed by atoms with E-state index in [0.717, 1.165) is 43.3 Å². The molecule has 4 rings (SSSR count).